The van der Waals surface area contributed by atoms with Crippen molar-refractivity contribution in [1.82, 2.24) is 15.2 Å². The van der Waals surface area contributed by atoms with Gasteiger partial charge >= 0.3 is 6.18 Å². The lowest BCUT2D eigenvalue weighted by Gasteiger charge is -2.40. The number of benzene rings is 1. The highest BCUT2D eigenvalue weighted by atomic mass is 19.4. The second kappa shape index (κ2) is 8.97. The van der Waals surface area contributed by atoms with E-state index in [1.807, 2.05) is 4.90 Å². The van der Waals surface area contributed by atoms with E-state index in [1.54, 1.807) is 29.3 Å². The fraction of sp³-hybridized carbons (Fsp3) is 0.417. The summed E-state index contributed by atoms with van der Waals surface area (Å²) in [6.45, 7) is 1.37. The average molecular weight is 471 g/mol. The Morgan fingerprint density at radius 2 is 1.97 bits per heavy atom. The van der Waals surface area contributed by atoms with Crippen molar-refractivity contribution in [1.29, 1.82) is 5.26 Å². The van der Waals surface area contributed by atoms with Crippen LogP contribution in [0, 0.1) is 16.7 Å². The number of hydrogen-bond donors (Lipinski definition) is 1. The standard InChI is InChI=1S/C24H24F3N5O2/c1-29-21(33)20-12-23(15-32(20)22(34)17-3-2-8-30-14-17)6-9-31(10-7-23)18-5-4-16(13-28)19(11-18)24(25,26)27/h2-5,8,11,14,20H,6-7,9-10,12,15H2,1H3,(H,29,33). The minimum atomic E-state index is -4.61. The molecule has 178 valence electrons. The van der Waals surface area contributed by atoms with Crippen LogP contribution in [-0.4, -0.2) is 54.4 Å². The van der Waals surface area contributed by atoms with Crippen LogP contribution in [0.5, 0.6) is 0 Å². The van der Waals surface area contributed by atoms with Crippen LogP contribution in [0.3, 0.4) is 0 Å². The molecule has 1 unspecified atom stereocenters. The molecule has 7 nitrogen and oxygen atoms in total. The summed E-state index contributed by atoms with van der Waals surface area (Å²) in [6.07, 6.45) is 0.171. The molecular formula is C24H24F3N5O2. The number of nitrogens with zero attached hydrogens (tertiary/aromatic N) is 4. The Bertz CT molecular complexity index is 1120. The second-order valence-electron chi connectivity index (χ2n) is 8.84. The molecule has 2 aliphatic heterocycles. The van der Waals surface area contributed by atoms with Gasteiger partial charge in [-0.25, -0.2) is 0 Å². The third kappa shape index (κ3) is 4.42. The Labute approximate surface area is 195 Å². The Hall–Kier alpha value is -3.61. The maximum Gasteiger partial charge on any atom is 0.417 e. The topological polar surface area (TPSA) is 89.3 Å². The van der Waals surface area contributed by atoms with Crippen LogP contribution in [0.4, 0.5) is 18.9 Å². The highest BCUT2D eigenvalue weighted by Gasteiger charge is 2.49. The highest BCUT2D eigenvalue weighted by Crippen LogP contribution is 2.45. The van der Waals surface area contributed by atoms with Crippen molar-refractivity contribution in [2.75, 3.05) is 31.6 Å². The monoisotopic (exact) mass is 471 g/mol. The number of nitrogens with one attached hydrogen (secondary N) is 1. The highest BCUT2D eigenvalue weighted by molar-refractivity contribution is 5.97. The molecular weight excluding hydrogens is 447 g/mol. The molecule has 1 atom stereocenters. The van der Waals surface area contributed by atoms with Gasteiger partial charge in [-0.2, -0.15) is 18.4 Å². The number of anilines is 1. The number of carbonyl (C=O) groups excluding carboxylic acids is 2. The molecule has 0 aliphatic carbocycles. The summed E-state index contributed by atoms with van der Waals surface area (Å²) in [5.74, 6) is -0.499. The smallest absolute Gasteiger partial charge is 0.371 e. The quantitative estimate of drug-likeness (QED) is 0.743. The predicted molar refractivity (Wildman–Crippen MR) is 118 cm³/mol. The molecule has 0 radical (unpaired) electrons. The second-order valence-corrected chi connectivity index (χ2v) is 8.84. The van der Waals surface area contributed by atoms with E-state index in [9.17, 15) is 22.8 Å². The summed E-state index contributed by atoms with van der Waals surface area (Å²) in [5.41, 5.74) is -0.834. The fourth-order valence-electron chi connectivity index (χ4n) is 4.99. The van der Waals surface area contributed by atoms with Crippen molar-refractivity contribution in [2.24, 2.45) is 5.41 Å². The summed E-state index contributed by atoms with van der Waals surface area (Å²) in [5, 5.41) is 11.7. The van der Waals surface area contributed by atoms with Gasteiger partial charge in [-0.1, -0.05) is 0 Å². The van der Waals surface area contributed by atoms with E-state index in [-0.39, 0.29) is 17.2 Å². The first kappa shape index (κ1) is 23.5. The van der Waals surface area contributed by atoms with Crippen molar-refractivity contribution in [3.8, 4) is 6.07 Å². The van der Waals surface area contributed by atoms with Gasteiger partial charge in [0.05, 0.1) is 22.8 Å². The molecule has 1 spiro atoms. The molecule has 10 heteroatoms. The van der Waals surface area contributed by atoms with Gasteiger partial charge in [-0.3, -0.25) is 14.6 Å². The number of amides is 2. The van der Waals surface area contributed by atoms with Gasteiger partial charge in [0.25, 0.3) is 5.91 Å². The molecule has 34 heavy (non-hydrogen) atoms. The van der Waals surface area contributed by atoms with Crippen molar-refractivity contribution >= 4 is 17.5 Å². The van der Waals surface area contributed by atoms with Gasteiger partial charge < -0.3 is 15.1 Å². The molecule has 2 aromatic rings. The maximum atomic E-state index is 13.4. The fourth-order valence-corrected chi connectivity index (χ4v) is 4.99. The lowest BCUT2D eigenvalue weighted by molar-refractivity contribution is -0.137. The molecule has 1 aromatic heterocycles. The number of rotatable bonds is 3. The molecule has 1 N–H and O–H groups in total. The Balaban J connectivity index is 1.53. The van der Waals surface area contributed by atoms with E-state index >= 15 is 0 Å². The van der Waals surface area contributed by atoms with Gasteiger partial charge in [0.15, 0.2) is 0 Å². The lowest BCUT2D eigenvalue weighted by atomic mass is 9.76. The van der Waals surface area contributed by atoms with E-state index in [0.717, 1.165) is 6.07 Å². The van der Waals surface area contributed by atoms with E-state index in [4.69, 9.17) is 5.26 Å². The van der Waals surface area contributed by atoms with E-state index < -0.39 is 23.3 Å². The number of piperidine rings is 1. The van der Waals surface area contributed by atoms with Crippen molar-refractivity contribution < 1.29 is 22.8 Å². The van der Waals surface area contributed by atoms with Crippen molar-refractivity contribution in [2.45, 2.75) is 31.5 Å². The van der Waals surface area contributed by atoms with Gasteiger partial charge in [0.1, 0.15) is 6.04 Å². The number of carbonyl (C=O) groups is 2. The molecule has 2 aliphatic rings. The molecule has 2 amide bonds. The minimum absolute atomic E-state index is 0.238. The summed E-state index contributed by atoms with van der Waals surface area (Å²) in [6, 6.07) is 8.07. The Morgan fingerprint density at radius 3 is 2.56 bits per heavy atom. The number of hydrogen-bond acceptors (Lipinski definition) is 5. The zero-order valence-electron chi connectivity index (χ0n) is 18.6. The summed E-state index contributed by atoms with van der Waals surface area (Å²) in [4.78, 5) is 33.2. The van der Waals surface area contributed by atoms with E-state index in [2.05, 4.69) is 10.3 Å². The Morgan fingerprint density at radius 1 is 1.24 bits per heavy atom. The zero-order chi connectivity index (χ0) is 24.5. The summed E-state index contributed by atoms with van der Waals surface area (Å²) < 4.78 is 40.2. The van der Waals surface area contributed by atoms with Crippen LogP contribution in [0.2, 0.25) is 0 Å². The first-order valence-electron chi connectivity index (χ1n) is 11.0. The molecule has 1 aromatic carbocycles. The van der Waals surface area contributed by atoms with Crippen LogP contribution in [-0.2, 0) is 11.0 Å². The number of likely N-dealkylation sites (N-methyl/N-ethyl adjacent to an activating group) is 1. The van der Waals surface area contributed by atoms with Crippen molar-refractivity contribution in [3.05, 3.63) is 59.4 Å². The number of aromatic nitrogens is 1. The van der Waals surface area contributed by atoms with Gasteiger partial charge in [0.2, 0.25) is 5.91 Å². The van der Waals surface area contributed by atoms with Crippen LogP contribution in [0.1, 0.15) is 40.7 Å². The maximum absolute atomic E-state index is 13.4. The van der Waals surface area contributed by atoms with E-state index in [0.29, 0.717) is 50.1 Å². The average Bonchev–Trinajstić information content (AvgIpc) is 3.22. The third-order valence-corrected chi connectivity index (χ3v) is 6.84. The van der Waals surface area contributed by atoms with E-state index in [1.165, 1.54) is 25.4 Å². The Kier molecular flexibility index (Phi) is 6.21. The van der Waals surface area contributed by atoms with Crippen LogP contribution in [0.25, 0.3) is 0 Å². The zero-order valence-corrected chi connectivity index (χ0v) is 18.6. The van der Waals surface area contributed by atoms with Gasteiger partial charge in [0, 0.05) is 44.8 Å². The van der Waals surface area contributed by atoms with Crippen LogP contribution >= 0.6 is 0 Å². The van der Waals surface area contributed by atoms with Gasteiger partial charge in [-0.05, 0) is 55.0 Å². The largest absolute Gasteiger partial charge is 0.417 e. The SMILES string of the molecule is CNC(=O)C1CC2(CCN(c3ccc(C#N)c(C(F)(F)F)c3)CC2)CN1C(=O)c1cccnc1. The summed E-state index contributed by atoms with van der Waals surface area (Å²) in [7, 11) is 1.53. The van der Waals surface area contributed by atoms with Crippen LogP contribution in [0.15, 0.2) is 42.7 Å². The molecule has 0 bridgehead atoms. The van der Waals surface area contributed by atoms with Gasteiger partial charge in [-0.15, -0.1) is 0 Å². The van der Waals surface area contributed by atoms with Crippen LogP contribution < -0.4 is 10.2 Å². The number of halogens is 3. The minimum Gasteiger partial charge on any atom is -0.371 e. The molecule has 0 saturated carbocycles. The number of likely N-dealkylation sites (tertiary alicyclic amines) is 1. The molecule has 3 heterocycles. The number of nitriles is 1. The molecule has 4 rings (SSSR count). The first-order valence-corrected chi connectivity index (χ1v) is 11.0. The van der Waals surface area contributed by atoms with Crippen molar-refractivity contribution in [3.63, 3.8) is 0 Å². The third-order valence-electron chi connectivity index (χ3n) is 6.84. The molecule has 2 saturated heterocycles. The lowest BCUT2D eigenvalue weighted by Crippen LogP contribution is -2.45. The molecule has 2 fully saturated rings. The first-order chi connectivity index (χ1) is 16.2. The predicted octanol–water partition coefficient (Wildman–Crippen LogP) is 3.22. The summed E-state index contributed by atoms with van der Waals surface area (Å²) >= 11 is 0. The number of pyridine rings is 1. The number of alkyl halides is 3. The normalized spacial score (nSPS) is 19.7.